The third-order valence-corrected chi connectivity index (χ3v) is 4.99. The van der Waals surface area contributed by atoms with Gasteiger partial charge in [0.15, 0.2) is 0 Å². The van der Waals surface area contributed by atoms with Crippen LogP contribution in [-0.4, -0.2) is 0 Å². The molecule has 0 aliphatic heterocycles. The van der Waals surface area contributed by atoms with Gasteiger partial charge in [-0.05, 0) is 18.3 Å². The maximum Gasteiger partial charge on any atom is -0.0324 e. The van der Waals surface area contributed by atoms with Crippen LogP contribution >= 0.6 is 0 Å². The minimum atomic E-state index is 0.898. The van der Waals surface area contributed by atoms with Gasteiger partial charge >= 0.3 is 0 Å². The van der Waals surface area contributed by atoms with E-state index in [4.69, 9.17) is 0 Å². The molecule has 2 atom stereocenters. The second kappa shape index (κ2) is 17.4. The van der Waals surface area contributed by atoms with Crippen molar-refractivity contribution in [1.29, 1.82) is 0 Å². The average molecular weight is 310 g/mol. The Labute approximate surface area is 142 Å². The summed E-state index contributed by atoms with van der Waals surface area (Å²) in [5.41, 5.74) is 0. The maximum absolute atomic E-state index is 2.79. The zero-order valence-electron chi connectivity index (χ0n) is 16.3. The second-order valence-electron chi connectivity index (χ2n) is 7.34. The van der Waals surface area contributed by atoms with E-state index >= 15 is 0 Å². The van der Waals surface area contributed by atoms with Crippen LogP contribution in [0.15, 0.2) is 0 Å². The fourth-order valence-electron chi connectivity index (χ4n) is 3.58. The van der Waals surface area contributed by atoms with Gasteiger partial charge in [0.1, 0.15) is 0 Å². The number of unbranched alkanes of at least 4 members (excludes halogenated alkanes) is 7. The lowest BCUT2D eigenvalue weighted by Gasteiger charge is -2.23. The van der Waals surface area contributed by atoms with Crippen molar-refractivity contribution in [2.45, 2.75) is 124 Å². The molecule has 0 saturated heterocycles. The molecule has 0 nitrogen and oxygen atoms in total. The fourth-order valence-corrected chi connectivity index (χ4v) is 3.58. The Bertz CT molecular complexity index is 196. The normalized spacial score (nSPS) is 14.2. The van der Waals surface area contributed by atoms with Crippen LogP contribution in [0.4, 0.5) is 0 Å². The van der Waals surface area contributed by atoms with Gasteiger partial charge in [0.05, 0.1) is 0 Å². The first-order valence-corrected chi connectivity index (χ1v) is 10.6. The Balaban J connectivity index is 4.19. The van der Waals surface area contributed by atoms with E-state index in [1.54, 1.807) is 0 Å². The van der Waals surface area contributed by atoms with Crippen molar-refractivity contribution in [2.75, 3.05) is 0 Å². The first-order valence-electron chi connectivity index (χ1n) is 10.6. The summed E-state index contributed by atoms with van der Waals surface area (Å²) >= 11 is 0. The summed E-state index contributed by atoms with van der Waals surface area (Å²) in [4.78, 5) is 0. The molecule has 0 fully saturated rings. The minimum Gasteiger partial charge on any atom is -0.0654 e. The largest absolute Gasteiger partial charge is 0.0654 e. The van der Waals surface area contributed by atoms with Gasteiger partial charge in [-0.15, -0.1) is 0 Å². The summed E-state index contributed by atoms with van der Waals surface area (Å²) in [5, 5.41) is 0. The summed E-state index contributed by atoms with van der Waals surface area (Å²) in [6, 6.07) is 0. The molecule has 0 aromatic heterocycles. The highest BCUT2D eigenvalue weighted by molar-refractivity contribution is 4.84. The van der Waals surface area contributed by atoms with Gasteiger partial charge in [-0.2, -0.15) is 0 Å². The molecule has 0 spiro atoms. The molecule has 1 radical (unpaired) electrons. The zero-order valence-corrected chi connectivity index (χ0v) is 16.3. The van der Waals surface area contributed by atoms with E-state index in [0.717, 1.165) is 11.8 Å². The van der Waals surface area contributed by atoms with Crippen molar-refractivity contribution >= 4 is 0 Å². The quantitative estimate of drug-likeness (QED) is 0.237. The first-order chi connectivity index (χ1) is 10.8. The number of hydrogen-bond acceptors (Lipinski definition) is 0. The summed E-state index contributed by atoms with van der Waals surface area (Å²) in [7, 11) is 0. The van der Waals surface area contributed by atoms with Crippen LogP contribution < -0.4 is 0 Å². The fraction of sp³-hybridized carbons (Fsp3) is 0.955. The standard InChI is InChI=1S/C22H45/c1-5-9-12-15-19-22(18-14-11-7-3)20-21(16-8-4)17-13-10-6-2/h20-22H,5-19H2,1-4H3. The Morgan fingerprint density at radius 2 is 0.864 bits per heavy atom. The molecule has 0 amide bonds. The van der Waals surface area contributed by atoms with Crippen LogP contribution in [0, 0.1) is 18.3 Å². The summed E-state index contributed by atoms with van der Waals surface area (Å²) in [6.07, 6.45) is 24.1. The third kappa shape index (κ3) is 13.6. The van der Waals surface area contributed by atoms with Crippen molar-refractivity contribution in [3.8, 4) is 0 Å². The number of rotatable bonds is 17. The Morgan fingerprint density at radius 1 is 0.455 bits per heavy atom. The lowest BCUT2D eigenvalue weighted by Crippen LogP contribution is -2.11. The zero-order chi connectivity index (χ0) is 16.5. The van der Waals surface area contributed by atoms with Crippen LogP contribution in [0.3, 0.4) is 0 Å². The maximum atomic E-state index is 2.79. The van der Waals surface area contributed by atoms with Crippen molar-refractivity contribution in [1.82, 2.24) is 0 Å². The molecule has 133 valence electrons. The summed E-state index contributed by atoms with van der Waals surface area (Å²) < 4.78 is 0. The molecule has 0 aliphatic carbocycles. The summed E-state index contributed by atoms with van der Waals surface area (Å²) in [6.45, 7) is 9.31. The van der Waals surface area contributed by atoms with Gasteiger partial charge < -0.3 is 0 Å². The molecule has 0 saturated carbocycles. The second-order valence-corrected chi connectivity index (χ2v) is 7.34. The van der Waals surface area contributed by atoms with Gasteiger partial charge in [-0.3, -0.25) is 0 Å². The highest BCUT2D eigenvalue weighted by Crippen LogP contribution is 2.29. The van der Waals surface area contributed by atoms with E-state index < -0.39 is 0 Å². The van der Waals surface area contributed by atoms with E-state index in [0.29, 0.717) is 0 Å². The molecule has 0 rings (SSSR count). The molecule has 2 unspecified atom stereocenters. The van der Waals surface area contributed by atoms with Gasteiger partial charge in [0, 0.05) is 0 Å². The van der Waals surface area contributed by atoms with E-state index in [9.17, 15) is 0 Å². The lowest BCUT2D eigenvalue weighted by molar-refractivity contribution is 0.374. The van der Waals surface area contributed by atoms with E-state index in [2.05, 4.69) is 34.1 Å². The third-order valence-electron chi connectivity index (χ3n) is 4.99. The molecule has 0 heteroatoms. The van der Waals surface area contributed by atoms with E-state index in [-0.39, 0.29) is 0 Å². The predicted molar refractivity (Wildman–Crippen MR) is 103 cm³/mol. The van der Waals surface area contributed by atoms with Gasteiger partial charge in [-0.1, -0.05) is 124 Å². The Hall–Kier alpha value is 0. The first kappa shape index (κ1) is 22.0. The molecular weight excluding hydrogens is 264 g/mol. The van der Waals surface area contributed by atoms with Crippen LogP contribution in [0.25, 0.3) is 0 Å². The monoisotopic (exact) mass is 309 g/mol. The molecular formula is C22H45. The molecule has 0 N–H and O–H groups in total. The minimum absolute atomic E-state index is 0.898. The lowest BCUT2D eigenvalue weighted by atomic mass is 9.82. The van der Waals surface area contributed by atoms with Crippen LogP contribution in [0.1, 0.15) is 124 Å². The topological polar surface area (TPSA) is 0 Å². The SMILES string of the molecule is CCCCCCC([CH]C(CCC)CCCCC)CCCCC. The highest BCUT2D eigenvalue weighted by atomic mass is 14.2. The molecule has 22 heavy (non-hydrogen) atoms. The Morgan fingerprint density at radius 3 is 1.32 bits per heavy atom. The van der Waals surface area contributed by atoms with Crippen molar-refractivity contribution in [3.63, 3.8) is 0 Å². The van der Waals surface area contributed by atoms with Gasteiger partial charge in [0.25, 0.3) is 0 Å². The average Bonchev–Trinajstić information content (AvgIpc) is 2.51. The van der Waals surface area contributed by atoms with Crippen LogP contribution in [0.2, 0.25) is 0 Å². The molecule has 0 aromatic rings. The van der Waals surface area contributed by atoms with E-state index in [1.165, 1.54) is 96.3 Å². The molecule has 0 aromatic carbocycles. The predicted octanol–water partition coefficient (Wildman–Crippen LogP) is 8.35. The van der Waals surface area contributed by atoms with Crippen LogP contribution in [0.5, 0.6) is 0 Å². The molecule has 0 bridgehead atoms. The van der Waals surface area contributed by atoms with Gasteiger partial charge in [0.2, 0.25) is 0 Å². The van der Waals surface area contributed by atoms with Gasteiger partial charge in [-0.25, -0.2) is 0 Å². The van der Waals surface area contributed by atoms with Crippen molar-refractivity contribution in [3.05, 3.63) is 6.42 Å². The Kier molecular flexibility index (Phi) is 17.4. The number of hydrogen-bond donors (Lipinski definition) is 0. The summed E-state index contributed by atoms with van der Waals surface area (Å²) in [5.74, 6) is 1.80. The van der Waals surface area contributed by atoms with Crippen molar-refractivity contribution in [2.24, 2.45) is 11.8 Å². The smallest absolute Gasteiger partial charge is 0.0324 e. The highest BCUT2D eigenvalue weighted by Gasteiger charge is 2.16. The van der Waals surface area contributed by atoms with Crippen molar-refractivity contribution < 1.29 is 0 Å². The van der Waals surface area contributed by atoms with E-state index in [1.807, 2.05) is 0 Å². The molecule has 0 aliphatic rings. The molecule has 0 heterocycles. The van der Waals surface area contributed by atoms with Crippen LogP contribution in [-0.2, 0) is 0 Å².